The summed E-state index contributed by atoms with van der Waals surface area (Å²) in [5.74, 6) is 0.833. The van der Waals surface area contributed by atoms with E-state index in [1.54, 1.807) is 16.7 Å². The third-order valence-electron chi connectivity index (χ3n) is 3.90. The standard InChI is InChI=1S/C20H28N4O.HI/c1-3-21-20(23-16-18-11-9-17(2)10-12-18)22-13-5-7-15-24-14-6-4-8-19(24)25;/h4,6,8-12,14H,3,5,7,13,15-16H2,1-2H3,(H2,21,22,23);1H. The Kier molecular flexibility index (Phi) is 10.7. The molecule has 1 aromatic heterocycles. The first-order chi connectivity index (χ1) is 12.2. The molecule has 0 saturated carbocycles. The summed E-state index contributed by atoms with van der Waals surface area (Å²) in [7, 11) is 0. The Labute approximate surface area is 173 Å². The molecular formula is C20H29IN4O. The molecule has 0 bridgehead atoms. The van der Waals surface area contributed by atoms with Gasteiger partial charge in [0.2, 0.25) is 5.56 Å². The van der Waals surface area contributed by atoms with Crippen LogP contribution in [0.1, 0.15) is 30.9 Å². The number of guanidine groups is 1. The van der Waals surface area contributed by atoms with Crippen LogP contribution in [0.5, 0.6) is 0 Å². The first kappa shape index (κ1) is 22.2. The van der Waals surface area contributed by atoms with Crippen molar-refractivity contribution >= 4 is 29.9 Å². The second-order valence-electron chi connectivity index (χ2n) is 6.05. The Balaban J connectivity index is 0.00000338. The Morgan fingerprint density at radius 3 is 2.54 bits per heavy atom. The molecule has 2 rings (SSSR count). The van der Waals surface area contributed by atoms with Gasteiger partial charge in [0.15, 0.2) is 5.96 Å². The molecule has 2 aromatic rings. The van der Waals surface area contributed by atoms with Gasteiger partial charge in [0.1, 0.15) is 0 Å². The van der Waals surface area contributed by atoms with Gasteiger partial charge in [0.25, 0.3) is 0 Å². The summed E-state index contributed by atoms with van der Waals surface area (Å²) >= 11 is 0. The van der Waals surface area contributed by atoms with Crippen molar-refractivity contribution < 1.29 is 0 Å². The van der Waals surface area contributed by atoms with Crippen LogP contribution in [0.15, 0.2) is 58.4 Å². The molecule has 0 aliphatic rings. The normalized spacial score (nSPS) is 10.9. The van der Waals surface area contributed by atoms with E-state index in [9.17, 15) is 4.79 Å². The van der Waals surface area contributed by atoms with Crippen LogP contribution in [-0.2, 0) is 13.1 Å². The Hall–Kier alpha value is -1.83. The van der Waals surface area contributed by atoms with Crippen LogP contribution < -0.4 is 16.2 Å². The lowest BCUT2D eigenvalue weighted by atomic mass is 10.1. The molecule has 0 spiro atoms. The van der Waals surface area contributed by atoms with Gasteiger partial charge in [-0.05, 0) is 38.3 Å². The molecule has 0 aliphatic carbocycles. The van der Waals surface area contributed by atoms with Crippen molar-refractivity contribution in [2.45, 2.75) is 39.8 Å². The lowest BCUT2D eigenvalue weighted by Gasteiger charge is -2.11. The van der Waals surface area contributed by atoms with E-state index in [1.165, 1.54) is 11.1 Å². The molecule has 0 unspecified atom stereocenters. The molecule has 0 amide bonds. The van der Waals surface area contributed by atoms with E-state index < -0.39 is 0 Å². The van der Waals surface area contributed by atoms with Gasteiger partial charge in [-0.1, -0.05) is 35.9 Å². The number of nitrogens with one attached hydrogen (secondary N) is 2. The third kappa shape index (κ3) is 8.03. The van der Waals surface area contributed by atoms with E-state index in [2.05, 4.69) is 53.7 Å². The minimum absolute atomic E-state index is 0. The van der Waals surface area contributed by atoms with Crippen molar-refractivity contribution in [1.29, 1.82) is 0 Å². The molecule has 0 aliphatic heterocycles. The van der Waals surface area contributed by atoms with Gasteiger partial charge in [-0.2, -0.15) is 0 Å². The highest BCUT2D eigenvalue weighted by Crippen LogP contribution is 2.04. The number of aromatic nitrogens is 1. The second-order valence-corrected chi connectivity index (χ2v) is 6.05. The van der Waals surface area contributed by atoms with Gasteiger partial charge in [0.05, 0.1) is 6.54 Å². The molecular weight excluding hydrogens is 439 g/mol. The Bertz CT molecular complexity index is 725. The van der Waals surface area contributed by atoms with Gasteiger partial charge >= 0.3 is 0 Å². The van der Waals surface area contributed by atoms with Gasteiger partial charge < -0.3 is 15.2 Å². The highest BCUT2D eigenvalue weighted by molar-refractivity contribution is 14.0. The number of hydrogen-bond acceptors (Lipinski definition) is 2. The summed E-state index contributed by atoms with van der Waals surface area (Å²) in [4.78, 5) is 16.3. The van der Waals surface area contributed by atoms with Crippen LogP contribution in [0.3, 0.4) is 0 Å². The molecule has 0 fully saturated rings. The van der Waals surface area contributed by atoms with Crippen molar-refractivity contribution in [2.75, 3.05) is 13.1 Å². The molecule has 2 N–H and O–H groups in total. The number of benzene rings is 1. The van der Waals surface area contributed by atoms with E-state index in [0.717, 1.165) is 38.4 Å². The van der Waals surface area contributed by atoms with Crippen molar-refractivity contribution in [3.63, 3.8) is 0 Å². The lowest BCUT2D eigenvalue weighted by Crippen LogP contribution is -2.37. The average molecular weight is 468 g/mol. The fourth-order valence-corrected chi connectivity index (χ4v) is 2.46. The predicted molar refractivity (Wildman–Crippen MR) is 119 cm³/mol. The number of nitrogens with zero attached hydrogens (tertiary/aromatic N) is 2. The zero-order chi connectivity index (χ0) is 17.9. The summed E-state index contributed by atoms with van der Waals surface area (Å²) in [5, 5.41) is 6.62. The fraction of sp³-hybridized carbons (Fsp3) is 0.400. The number of rotatable bonds is 8. The van der Waals surface area contributed by atoms with E-state index in [4.69, 9.17) is 0 Å². The van der Waals surface area contributed by atoms with E-state index >= 15 is 0 Å². The number of hydrogen-bond donors (Lipinski definition) is 2. The zero-order valence-electron chi connectivity index (χ0n) is 15.6. The summed E-state index contributed by atoms with van der Waals surface area (Å²) in [6.07, 6.45) is 3.77. The molecule has 26 heavy (non-hydrogen) atoms. The van der Waals surface area contributed by atoms with Gasteiger partial charge in [-0.3, -0.25) is 4.79 Å². The fourth-order valence-electron chi connectivity index (χ4n) is 2.46. The smallest absolute Gasteiger partial charge is 0.250 e. The van der Waals surface area contributed by atoms with E-state index in [1.807, 2.05) is 12.3 Å². The number of aryl methyl sites for hydroxylation is 2. The summed E-state index contributed by atoms with van der Waals surface area (Å²) in [6.45, 7) is 7.22. The molecule has 0 atom stereocenters. The van der Waals surface area contributed by atoms with Crippen molar-refractivity contribution in [3.8, 4) is 0 Å². The summed E-state index contributed by atoms with van der Waals surface area (Å²) in [5.41, 5.74) is 2.52. The Morgan fingerprint density at radius 2 is 1.85 bits per heavy atom. The Morgan fingerprint density at radius 1 is 1.08 bits per heavy atom. The zero-order valence-corrected chi connectivity index (χ0v) is 17.9. The monoisotopic (exact) mass is 468 g/mol. The first-order valence-corrected chi connectivity index (χ1v) is 8.92. The number of aliphatic imine (C=N–C) groups is 1. The lowest BCUT2D eigenvalue weighted by molar-refractivity contribution is 0.585. The highest BCUT2D eigenvalue weighted by Gasteiger charge is 1.98. The van der Waals surface area contributed by atoms with Crippen molar-refractivity contribution in [2.24, 2.45) is 4.99 Å². The molecule has 1 heterocycles. The average Bonchev–Trinajstić information content (AvgIpc) is 2.62. The molecule has 6 heteroatoms. The number of unbranched alkanes of at least 4 members (excludes halogenated alkanes) is 1. The van der Waals surface area contributed by atoms with Gasteiger partial charge in [0, 0.05) is 31.9 Å². The maximum absolute atomic E-state index is 11.6. The SMILES string of the molecule is CCNC(=NCc1ccc(C)cc1)NCCCCn1ccccc1=O.I. The van der Waals surface area contributed by atoms with Crippen molar-refractivity contribution in [3.05, 3.63) is 70.1 Å². The van der Waals surface area contributed by atoms with Gasteiger partial charge in [-0.25, -0.2) is 4.99 Å². The first-order valence-electron chi connectivity index (χ1n) is 8.92. The van der Waals surface area contributed by atoms with E-state index in [-0.39, 0.29) is 29.5 Å². The van der Waals surface area contributed by atoms with Crippen LogP contribution in [0.25, 0.3) is 0 Å². The van der Waals surface area contributed by atoms with Crippen LogP contribution in [0, 0.1) is 6.92 Å². The van der Waals surface area contributed by atoms with Crippen LogP contribution >= 0.6 is 24.0 Å². The quantitative estimate of drug-likeness (QED) is 0.271. The number of halogens is 1. The van der Waals surface area contributed by atoms with Crippen LogP contribution in [0.2, 0.25) is 0 Å². The second kappa shape index (κ2) is 12.5. The molecule has 5 nitrogen and oxygen atoms in total. The summed E-state index contributed by atoms with van der Waals surface area (Å²) in [6, 6.07) is 13.7. The largest absolute Gasteiger partial charge is 0.357 e. The maximum atomic E-state index is 11.6. The molecule has 1 aromatic carbocycles. The van der Waals surface area contributed by atoms with Crippen molar-refractivity contribution in [1.82, 2.24) is 15.2 Å². The number of pyridine rings is 1. The minimum Gasteiger partial charge on any atom is -0.357 e. The van der Waals surface area contributed by atoms with Gasteiger partial charge in [-0.15, -0.1) is 24.0 Å². The third-order valence-corrected chi connectivity index (χ3v) is 3.90. The van der Waals surface area contributed by atoms with E-state index in [0.29, 0.717) is 6.54 Å². The topological polar surface area (TPSA) is 58.4 Å². The maximum Gasteiger partial charge on any atom is 0.250 e. The highest BCUT2D eigenvalue weighted by atomic mass is 127. The summed E-state index contributed by atoms with van der Waals surface area (Å²) < 4.78 is 1.75. The van der Waals surface area contributed by atoms with Crippen LogP contribution in [0.4, 0.5) is 0 Å². The van der Waals surface area contributed by atoms with Crippen LogP contribution in [-0.4, -0.2) is 23.6 Å². The predicted octanol–water partition coefficient (Wildman–Crippen LogP) is 3.31. The molecule has 142 valence electrons. The molecule has 0 saturated heterocycles. The minimum atomic E-state index is 0. The molecule has 0 radical (unpaired) electrons.